The van der Waals surface area contributed by atoms with Crippen LogP contribution in [0.15, 0.2) is 36.4 Å². The van der Waals surface area contributed by atoms with E-state index in [0.717, 1.165) is 5.56 Å². The van der Waals surface area contributed by atoms with Crippen molar-refractivity contribution >= 4 is 17.7 Å². The van der Waals surface area contributed by atoms with Crippen molar-refractivity contribution in [2.75, 3.05) is 33.8 Å². The van der Waals surface area contributed by atoms with Gasteiger partial charge in [-0.25, -0.2) is 9.59 Å². The van der Waals surface area contributed by atoms with Gasteiger partial charge in [-0.3, -0.25) is 0 Å². The largest absolute Gasteiger partial charge is 0.495 e. The molecule has 8 nitrogen and oxygen atoms in total. The van der Waals surface area contributed by atoms with Crippen molar-refractivity contribution in [2.45, 2.75) is 13.0 Å². The average Bonchev–Trinajstić information content (AvgIpc) is 2.72. The Hall–Kier alpha value is -3.42. The number of benzene rings is 2. The molecule has 1 atom stereocenters. The zero-order chi connectivity index (χ0) is 20.7. The minimum absolute atomic E-state index is 0.298. The molecule has 150 valence electrons. The fourth-order valence-corrected chi connectivity index (χ4v) is 2.61. The maximum absolute atomic E-state index is 12.4. The first-order valence-corrected chi connectivity index (χ1v) is 8.49. The van der Waals surface area contributed by atoms with Crippen LogP contribution in [-0.2, 0) is 4.74 Å². The van der Waals surface area contributed by atoms with E-state index in [0.29, 0.717) is 28.5 Å². The molecule has 0 radical (unpaired) electrons. The number of ether oxygens (including phenoxy) is 4. The Kier molecular flexibility index (Phi) is 7.08. The molecule has 0 heterocycles. The summed E-state index contributed by atoms with van der Waals surface area (Å²) in [6.07, 6.45) is 0. The van der Waals surface area contributed by atoms with E-state index in [-0.39, 0.29) is 6.04 Å². The molecule has 0 saturated carbocycles. The molecule has 2 amide bonds. The maximum atomic E-state index is 12.4. The third-order valence-electron chi connectivity index (χ3n) is 4.12. The van der Waals surface area contributed by atoms with Crippen LogP contribution < -0.4 is 24.8 Å². The lowest BCUT2D eigenvalue weighted by Crippen LogP contribution is -2.31. The highest BCUT2D eigenvalue weighted by Crippen LogP contribution is 2.30. The van der Waals surface area contributed by atoms with Crippen LogP contribution in [0.4, 0.5) is 10.5 Å². The predicted octanol–water partition coefficient (Wildman–Crippen LogP) is 3.38. The van der Waals surface area contributed by atoms with Crippen molar-refractivity contribution in [3.63, 3.8) is 0 Å². The second kappa shape index (κ2) is 9.50. The smallest absolute Gasteiger partial charge is 0.337 e. The monoisotopic (exact) mass is 388 g/mol. The molecule has 28 heavy (non-hydrogen) atoms. The normalized spacial score (nSPS) is 11.2. The number of anilines is 1. The molecule has 0 saturated heterocycles. The van der Waals surface area contributed by atoms with E-state index >= 15 is 0 Å². The van der Waals surface area contributed by atoms with Crippen LogP contribution >= 0.6 is 0 Å². The number of methoxy groups -OCH3 is 4. The van der Waals surface area contributed by atoms with Crippen LogP contribution in [0, 0.1) is 0 Å². The molecule has 1 unspecified atom stereocenters. The van der Waals surface area contributed by atoms with E-state index in [9.17, 15) is 9.59 Å². The lowest BCUT2D eigenvalue weighted by Gasteiger charge is -2.18. The van der Waals surface area contributed by atoms with Gasteiger partial charge in [0.25, 0.3) is 0 Å². The summed E-state index contributed by atoms with van der Waals surface area (Å²) in [7, 11) is 5.87. The first-order valence-electron chi connectivity index (χ1n) is 8.49. The molecule has 2 rings (SSSR count). The van der Waals surface area contributed by atoms with E-state index in [1.54, 1.807) is 38.5 Å². The number of nitrogens with one attached hydrogen (secondary N) is 2. The summed E-state index contributed by atoms with van der Waals surface area (Å²) in [5.74, 6) is 1.08. The topological polar surface area (TPSA) is 95.1 Å². The second-order valence-electron chi connectivity index (χ2n) is 5.84. The Labute approximate surface area is 163 Å². The van der Waals surface area contributed by atoms with E-state index in [4.69, 9.17) is 18.9 Å². The number of esters is 1. The third-order valence-corrected chi connectivity index (χ3v) is 4.12. The van der Waals surface area contributed by atoms with E-state index in [2.05, 4.69) is 10.6 Å². The molecule has 0 bridgehead atoms. The fourth-order valence-electron chi connectivity index (χ4n) is 2.61. The van der Waals surface area contributed by atoms with Crippen molar-refractivity contribution in [3.8, 4) is 17.2 Å². The van der Waals surface area contributed by atoms with Crippen LogP contribution in [0.2, 0.25) is 0 Å². The summed E-state index contributed by atoms with van der Waals surface area (Å²) in [6.45, 7) is 1.84. The quantitative estimate of drug-likeness (QED) is 0.706. The number of urea groups is 1. The number of hydrogen-bond donors (Lipinski definition) is 2. The number of hydrogen-bond acceptors (Lipinski definition) is 6. The SMILES string of the molecule is COC(=O)c1ccc(OC)c(NC(=O)NC(C)c2ccc(OC)c(OC)c2)c1. The molecule has 0 aromatic heterocycles. The van der Waals surface area contributed by atoms with Crippen molar-refractivity contribution < 1.29 is 28.5 Å². The number of amides is 2. The van der Waals surface area contributed by atoms with Gasteiger partial charge in [-0.05, 0) is 42.8 Å². The second-order valence-corrected chi connectivity index (χ2v) is 5.84. The lowest BCUT2D eigenvalue weighted by atomic mass is 10.1. The summed E-state index contributed by atoms with van der Waals surface area (Å²) in [4.78, 5) is 24.2. The predicted molar refractivity (Wildman–Crippen MR) is 104 cm³/mol. The van der Waals surface area contributed by atoms with Gasteiger partial charge in [0.15, 0.2) is 11.5 Å². The minimum atomic E-state index is -0.509. The Bertz CT molecular complexity index is 853. The fraction of sp³-hybridized carbons (Fsp3) is 0.300. The van der Waals surface area contributed by atoms with Crippen LogP contribution in [0.1, 0.15) is 28.9 Å². The Morgan fingerprint density at radius 1 is 0.857 bits per heavy atom. The molecular weight excluding hydrogens is 364 g/mol. The molecule has 2 aromatic rings. The number of carbonyl (C=O) groups excluding carboxylic acids is 2. The summed E-state index contributed by atoms with van der Waals surface area (Å²) in [5, 5.41) is 5.52. The molecular formula is C20H24N2O6. The zero-order valence-corrected chi connectivity index (χ0v) is 16.5. The van der Waals surface area contributed by atoms with E-state index in [1.165, 1.54) is 20.3 Å². The van der Waals surface area contributed by atoms with Gasteiger partial charge in [0.1, 0.15) is 5.75 Å². The third kappa shape index (κ3) is 4.85. The van der Waals surface area contributed by atoms with Gasteiger partial charge in [-0.1, -0.05) is 6.07 Å². The van der Waals surface area contributed by atoms with Gasteiger partial charge >= 0.3 is 12.0 Å². The van der Waals surface area contributed by atoms with Crippen LogP contribution in [0.25, 0.3) is 0 Å². The Morgan fingerprint density at radius 3 is 2.11 bits per heavy atom. The maximum Gasteiger partial charge on any atom is 0.337 e. The Morgan fingerprint density at radius 2 is 1.50 bits per heavy atom. The molecule has 0 fully saturated rings. The highest BCUT2D eigenvalue weighted by molar-refractivity contribution is 5.95. The van der Waals surface area contributed by atoms with Crippen molar-refractivity contribution in [2.24, 2.45) is 0 Å². The first-order chi connectivity index (χ1) is 13.4. The van der Waals surface area contributed by atoms with Crippen molar-refractivity contribution in [1.29, 1.82) is 0 Å². The lowest BCUT2D eigenvalue weighted by molar-refractivity contribution is 0.0600. The standard InChI is InChI=1S/C20H24N2O6/c1-12(13-6-9-17(26-3)18(11-13)27-4)21-20(24)22-15-10-14(19(23)28-5)7-8-16(15)25-2/h6-12H,1-5H3,(H2,21,22,24). The van der Waals surface area contributed by atoms with Gasteiger partial charge in [0, 0.05) is 0 Å². The van der Waals surface area contributed by atoms with Crippen LogP contribution in [0.3, 0.4) is 0 Å². The summed E-state index contributed by atoms with van der Waals surface area (Å²) in [6, 6.07) is 9.27. The van der Waals surface area contributed by atoms with E-state index in [1.807, 2.05) is 13.0 Å². The highest BCUT2D eigenvalue weighted by atomic mass is 16.5. The number of carbonyl (C=O) groups is 2. The molecule has 0 spiro atoms. The zero-order valence-electron chi connectivity index (χ0n) is 16.5. The molecule has 0 aliphatic carbocycles. The minimum Gasteiger partial charge on any atom is -0.495 e. The number of rotatable bonds is 7. The highest BCUT2D eigenvalue weighted by Gasteiger charge is 2.16. The van der Waals surface area contributed by atoms with Gasteiger partial charge in [0.05, 0.1) is 45.7 Å². The molecule has 0 aliphatic rings. The molecule has 2 aromatic carbocycles. The average molecular weight is 388 g/mol. The summed E-state index contributed by atoms with van der Waals surface area (Å²) in [5.41, 5.74) is 1.48. The van der Waals surface area contributed by atoms with Crippen LogP contribution in [-0.4, -0.2) is 40.4 Å². The van der Waals surface area contributed by atoms with Gasteiger partial charge in [0.2, 0.25) is 0 Å². The van der Waals surface area contributed by atoms with Crippen molar-refractivity contribution in [3.05, 3.63) is 47.5 Å². The molecule has 0 aliphatic heterocycles. The van der Waals surface area contributed by atoms with Gasteiger partial charge in [-0.2, -0.15) is 0 Å². The van der Waals surface area contributed by atoms with E-state index < -0.39 is 12.0 Å². The Balaban J connectivity index is 2.14. The van der Waals surface area contributed by atoms with Crippen molar-refractivity contribution in [1.82, 2.24) is 5.32 Å². The van der Waals surface area contributed by atoms with Crippen LogP contribution in [0.5, 0.6) is 17.2 Å². The first kappa shape index (κ1) is 20.9. The molecule has 8 heteroatoms. The summed E-state index contributed by atoms with van der Waals surface area (Å²) < 4.78 is 20.4. The van der Waals surface area contributed by atoms with Gasteiger partial charge in [-0.15, -0.1) is 0 Å². The molecule has 2 N–H and O–H groups in total. The summed E-state index contributed by atoms with van der Waals surface area (Å²) >= 11 is 0. The van der Waals surface area contributed by atoms with Gasteiger partial charge < -0.3 is 29.6 Å².